The number of hydrogen-bond acceptors (Lipinski definition) is 4. The third-order valence-electron chi connectivity index (χ3n) is 4.88. The van der Waals surface area contributed by atoms with Gasteiger partial charge in [-0.3, -0.25) is 4.99 Å². The summed E-state index contributed by atoms with van der Waals surface area (Å²) in [7, 11) is 1.79. The van der Waals surface area contributed by atoms with Crippen LogP contribution < -0.4 is 15.5 Å². The molecule has 0 saturated carbocycles. The Hall–Kier alpha value is -1.16. The van der Waals surface area contributed by atoms with Gasteiger partial charge in [-0.15, -0.1) is 24.0 Å². The molecule has 2 N–H and O–H groups in total. The molecule has 1 aromatic rings. The van der Waals surface area contributed by atoms with Gasteiger partial charge in [0.1, 0.15) is 0 Å². The molecule has 1 unspecified atom stereocenters. The minimum atomic E-state index is -0.260. The first-order valence-corrected chi connectivity index (χ1v) is 9.72. The van der Waals surface area contributed by atoms with Gasteiger partial charge in [-0.2, -0.15) is 0 Å². The topological polar surface area (TPSA) is 55.8 Å². The van der Waals surface area contributed by atoms with Crippen LogP contribution in [0, 0.1) is 5.82 Å². The monoisotopic (exact) mass is 492 g/mol. The minimum absolute atomic E-state index is 0. The Kier molecular flexibility index (Phi) is 11.6. The summed E-state index contributed by atoms with van der Waals surface area (Å²) in [5, 5.41) is 6.83. The predicted octanol–water partition coefficient (Wildman–Crippen LogP) is 2.70. The van der Waals surface area contributed by atoms with E-state index in [0.29, 0.717) is 5.82 Å². The molecule has 1 saturated heterocycles. The molecule has 1 atom stereocenters. The van der Waals surface area contributed by atoms with Crippen molar-refractivity contribution in [3.63, 3.8) is 0 Å². The van der Waals surface area contributed by atoms with E-state index >= 15 is 0 Å². The van der Waals surface area contributed by atoms with Gasteiger partial charge in [-0.1, -0.05) is 13.8 Å². The fourth-order valence-corrected chi connectivity index (χ4v) is 3.28. The molecule has 1 aliphatic rings. The molecule has 2 rings (SSSR count). The van der Waals surface area contributed by atoms with Gasteiger partial charge in [0.25, 0.3) is 0 Å². The highest BCUT2D eigenvalue weighted by molar-refractivity contribution is 14.0. The van der Waals surface area contributed by atoms with Crippen LogP contribution in [0.1, 0.15) is 33.1 Å². The van der Waals surface area contributed by atoms with Crippen molar-refractivity contribution in [2.24, 2.45) is 4.99 Å². The van der Waals surface area contributed by atoms with Crippen molar-refractivity contribution >= 4 is 35.8 Å². The summed E-state index contributed by atoms with van der Waals surface area (Å²) in [6, 6.07) is 3.33. The van der Waals surface area contributed by atoms with Gasteiger partial charge in [0.05, 0.1) is 0 Å². The number of anilines is 1. The molecule has 0 amide bonds. The number of rotatable bonds is 9. The van der Waals surface area contributed by atoms with Crippen molar-refractivity contribution in [1.82, 2.24) is 20.5 Å². The minimum Gasteiger partial charge on any atom is -0.356 e. The number of hydrogen-bond donors (Lipinski definition) is 2. The summed E-state index contributed by atoms with van der Waals surface area (Å²) in [5.74, 6) is 1.00. The highest BCUT2D eigenvalue weighted by Crippen LogP contribution is 2.20. The third-order valence-corrected chi connectivity index (χ3v) is 4.88. The molecule has 0 spiro atoms. The number of halogens is 2. The van der Waals surface area contributed by atoms with E-state index in [1.807, 2.05) is 4.90 Å². The lowest BCUT2D eigenvalue weighted by Gasteiger charge is -2.20. The highest BCUT2D eigenvalue weighted by atomic mass is 127. The summed E-state index contributed by atoms with van der Waals surface area (Å²) in [5.41, 5.74) is 0. The van der Waals surface area contributed by atoms with Gasteiger partial charge in [0.15, 0.2) is 17.6 Å². The Labute approximate surface area is 180 Å². The van der Waals surface area contributed by atoms with Crippen LogP contribution in [0.3, 0.4) is 0 Å². The molecule has 6 nitrogen and oxygen atoms in total. The second-order valence-corrected chi connectivity index (χ2v) is 6.62. The quantitative estimate of drug-likeness (QED) is 0.240. The lowest BCUT2D eigenvalue weighted by Crippen LogP contribution is -2.45. The molecular formula is C19H34FIN6. The molecule has 1 aliphatic heterocycles. The van der Waals surface area contributed by atoms with Gasteiger partial charge in [0, 0.05) is 38.9 Å². The van der Waals surface area contributed by atoms with E-state index in [1.54, 1.807) is 19.3 Å². The number of guanidine groups is 1. The molecule has 27 heavy (non-hydrogen) atoms. The zero-order valence-corrected chi connectivity index (χ0v) is 19.1. The standard InChI is InChI=1S/C19H33FN6.HI/c1-4-25(5-2)13-7-6-11-23-19(21-3)24-16-10-14-26(15-16)18-17(20)9-8-12-22-18;/h8-9,12,16H,4-7,10-11,13-15H2,1-3H3,(H2,21,23,24);1H. The van der Waals surface area contributed by atoms with E-state index in [1.165, 1.54) is 12.5 Å². The maximum atomic E-state index is 13.9. The summed E-state index contributed by atoms with van der Waals surface area (Å²) >= 11 is 0. The maximum absolute atomic E-state index is 13.9. The molecule has 0 aliphatic carbocycles. The molecule has 1 fully saturated rings. The summed E-state index contributed by atoms with van der Waals surface area (Å²) in [6.07, 6.45) is 4.88. The van der Waals surface area contributed by atoms with Crippen molar-refractivity contribution in [3.8, 4) is 0 Å². The lowest BCUT2D eigenvalue weighted by molar-refractivity contribution is 0.297. The maximum Gasteiger partial charge on any atom is 0.191 e. The lowest BCUT2D eigenvalue weighted by atomic mass is 10.2. The Morgan fingerprint density at radius 1 is 1.37 bits per heavy atom. The van der Waals surface area contributed by atoms with Crippen LogP contribution in [0.15, 0.2) is 23.3 Å². The molecule has 0 radical (unpaired) electrons. The average molecular weight is 492 g/mol. The Morgan fingerprint density at radius 3 is 2.81 bits per heavy atom. The van der Waals surface area contributed by atoms with Crippen LogP contribution in [-0.4, -0.2) is 68.2 Å². The highest BCUT2D eigenvalue weighted by Gasteiger charge is 2.25. The zero-order valence-electron chi connectivity index (χ0n) is 16.7. The Balaban J connectivity index is 0.00000364. The normalized spacial score (nSPS) is 17.1. The smallest absolute Gasteiger partial charge is 0.191 e. The molecule has 154 valence electrons. The van der Waals surface area contributed by atoms with Crippen LogP contribution in [0.5, 0.6) is 0 Å². The molecular weight excluding hydrogens is 458 g/mol. The summed E-state index contributed by atoms with van der Waals surface area (Å²) < 4.78 is 13.9. The van der Waals surface area contributed by atoms with Crippen LogP contribution in [-0.2, 0) is 0 Å². The number of nitrogens with one attached hydrogen (secondary N) is 2. The van der Waals surface area contributed by atoms with E-state index in [9.17, 15) is 4.39 Å². The fourth-order valence-electron chi connectivity index (χ4n) is 3.28. The van der Waals surface area contributed by atoms with E-state index in [4.69, 9.17) is 0 Å². The first kappa shape index (κ1) is 23.9. The third kappa shape index (κ3) is 7.77. The van der Waals surface area contributed by atoms with Crippen molar-refractivity contribution < 1.29 is 4.39 Å². The van der Waals surface area contributed by atoms with Crippen molar-refractivity contribution in [1.29, 1.82) is 0 Å². The number of nitrogens with zero attached hydrogens (tertiary/aromatic N) is 4. The summed E-state index contributed by atoms with van der Waals surface area (Å²) in [6.45, 7) is 10.2. The Morgan fingerprint density at radius 2 is 2.15 bits per heavy atom. The SMILES string of the molecule is CCN(CC)CCCCNC(=NC)NC1CCN(c2ncccc2F)C1.I. The predicted molar refractivity (Wildman–Crippen MR) is 122 cm³/mol. The average Bonchev–Trinajstić information content (AvgIpc) is 3.12. The zero-order chi connectivity index (χ0) is 18.8. The molecule has 1 aromatic heterocycles. The first-order valence-electron chi connectivity index (χ1n) is 9.72. The van der Waals surface area contributed by atoms with Crippen molar-refractivity contribution in [3.05, 3.63) is 24.1 Å². The van der Waals surface area contributed by atoms with E-state index in [0.717, 1.165) is 58.1 Å². The second kappa shape index (κ2) is 13.1. The van der Waals surface area contributed by atoms with Crippen molar-refractivity contribution in [2.75, 3.05) is 51.2 Å². The van der Waals surface area contributed by atoms with E-state index in [-0.39, 0.29) is 35.8 Å². The molecule has 0 aromatic carbocycles. The Bertz CT molecular complexity index is 567. The number of aliphatic imine (C=N–C) groups is 1. The number of pyridine rings is 1. The van der Waals surface area contributed by atoms with Crippen LogP contribution in [0.25, 0.3) is 0 Å². The number of aromatic nitrogens is 1. The van der Waals surface area contributed by atoms with Crippen molar-refractivity contribution in [2.45, 2.75) is 39.2 Å². The number of unbranched alkanes of at least 4 members (excludes halogenated alkanes) is 1. The van der Waals surface area contributed by atoms with E-state index < -0.39 is 0 Å². The first-order chi connectivity index (χ1) is 12.7. The van der Waals surface area contributed by atoms with Crippen LogP contribution in [0.4, 0.5) is 10.2 Å². The van der Waals surface area contributed by atoms with Crippen LogP contribution in [0.2, 0.25) is 0 Å². The molecule has 0 bridgehead atoms. The second-order valence-electron chi connectivity index (χ2n) is 6.62. The summed E-state index contributed by atoms with van der Waals surface area (Å²) in [4.78, 5) is 12.9. The van der Waals surface area contributed by atoms with Gasteiger partial charge in [-0.25, -0.2) is 9.37 Å². The largest absolute Gasteiger partial charge is 0.356 e. The van der Waals surface area contributed by atoms with Gasteiger partial charge < -0.3 is 20.4 Å². The fraction of sp³-hybridized carbons (Fsp3) is 0.684. The van der Waals surface area contributed by atoms with Gasteiger partial charge in [-0.05, 0) is 51.0 Å². The van der Waals surface area contributed by atoms with E-state index in [2.05, 4.69) is 39.4 Å². The van der Waals surface area contributed by atoms with Crippen LogP contribution >= 0.6 is 24.0 Å². The van der Waals surface area contributed by atoms with Gasteiger partial charge in [0.2, 0.25) is 0 Å². The molecule has 2 heterocycles. The van der Waals surface area contributed by atoms with Gasteiger partial charge >= 0.3 is 0 Å². The molecule has 8 heteroatoms.